The van der Waals surface area contributed by atoms with Gasteiger partial charge in [0.2, 0.25) is 0 Å². The van der Waals surface area contributed by atoms with Gasteiger partial charge < -0.3 is 15.0 Å². The van der Waals surface area contributed by atoms with E-state index in [2.05, 4.69) is 41.5 Å². The van der Waals surface area contributed by atoms with Gasteiger partial charge in [-0.3, -0.25) is 0 Å². The largest absolute Gasteiger partial charge is 0.379 e. The first kappa shape index (κ1) is 13.9. The smallest absolute Gasteiger partial charge is 0.0897 e. The van der Waals surface area contributed by atoms with Crippen LogP contribution in [0.4, 0.5) is 0 Å². The number of rotatable bonds is 6. The van der Waals surface area contributed by atoms with Crippen molar-refractivity contribution in [2.45, 2.75) is 26.4 Å². The number of nitrogens with zero attached hydrogens (tertiary/aromatic N) is 2. The molecular formula is C13H23N3OS. The van der Waals surface area contributed by atoms with Crippen molar-refractivity contribution in [2.75, 3.05) is 33.4 Å². The van der Waals surface area contributed by atoms with Gasteiger partial charge in [0.1, 0.15) is 0 Å². The zero-order chi connectivity index (χ0) is 13.0. The normalized spacial score (nSPS) is 24.0. The summed E-state index contributed by atoms with van der Waals surface area (Å²) in [7, 11) is 2.16. The molecule has 1 fully saturated rings. The molecule has 18 heavy (non-hydrogen) atoms. The lowest BCUT2D eigenvalue weighted by atomic mass is 10.0. The number of hydrogen-bond donors (Lipinski definition) is 1. The molecule has 2 heterocycles. The maximum absolute atomic E-state index is 5.57. The van der Waals surface area contributed by atoms with Crippen molar-refractivity contribution in [3.8, 4) is 0 Å². The predicted molar refractivity (Wildman–Crippen MR) is 75.0 cm³/mol. The number of aromatic nitrogens is 1. The van der Waals surface area contributed by atoms with Crippen LogP contribution in [0.3, 0.4) is 0 Å². The van der Waals surface area contributed by atoms with E-state index in [-0.39, 0.29) is 0 Å². The van der Waals surface area contributed by atoms with Crippen LogP contribution >= 0.6 is 11.3 Å². The summed E-state index contributed by atoms with van der Waals surface area (Å²) in [6.07, 6.45) is 0. The summed E-state index contributed by atoms with van der Waals surface area (Å²) < 4.78 is 5.57. The molecule has 102 valence electrons. The number of nitrogens with one attached hydrogen (secondary N) is 1. The summed E-state index contributed by atoms with van der Waals surface area (Å²) >= 11 is 1.72. The lowest BCUT2D eigenvalue weighted by Crippen LogP contribution is -2.40. The van der Waals surface area contributed by atoms with Crippen LogP contribution < -0.4 is 5.32 Å². The average molecular weight is 269 g/mol. The third-order valence-electron chi connectivity index (χ3n) is 3.31. The van der Waals surface area contributed by atoms with Gasteiger partial charge in [-0.2, -0.15) is 0 Å². The molecule has 1 aromatic rings. The maximum atomic E-state index is 5.57. The Labute approximate surface area is 113 Å². The van der Waals surface area contributed by atoms with Crippen molar-refractivity contribution in [1.29, 1.82) is 0 Å². The SMILES string of the molecule is CCNC1COCC1CN(C)Cc1csc(C)n1. The van der Waals surface area contributed by atoms with E-state index in [4.69, 9.17) is 4.74 Å². The average Bonchev–Trinajstić information content (AvgIpc) is 2.90. The Morgan fingerprint density at radius 3 is 3.06 bits per heavy atom. The second-order valence-electron chi connectivity index (χ2n) is 5.02. The first-order valence-corrected chi connectivity index (χ1v) is 7.47. The molecule has 0 amide bonds. The fourth-order valence-corrected chi connectivity index (χ4v) is 3.09. The van der Waals surface area contributed by atoms with E-state index in [9.17, 15) is 0 Å². The standard InChI is InChI=1S/C13H23N3OS/c1-4-14-13-8-17-7-11(13)5-16(3)6-12-9-18-10(2)15-12/h9,11,13-14H,4-8H2,1-3H3. The van der Waals surface area contributed by atoms with Crippen LogP contribution in [0.2, 0.25) is 0 Å². The Kier molecular flexibility index (Phi) is 5.12. The zero-order valence-corrected chi connectivity index (χ0v) is 12.3. The molecule has 1 aromatic heterocycles. The number of thiazole rings is 1. The second kappa shape index (κ2) is 6.61. The highest BCUT2D eigenvalue weighted by molar-refractivity contribution is 7.09. The van der Waals surface area contributed by atoms with E-state index in [1.54, 1.807) is 11.3 Å². The summed E-state index contributed by atoms with van der Waals surface area (Å²) in [6, 6.07) is 0.509. The highest BCUT2D eigenvalue weighted by Gasteiger charge is 2.28. The summed E-state index contributed by atoms with van der Waals surface area (Å²) in [5, 5.41) is 6.80. The van der Waals surface area contributed by atoms with E-state index in [1.165, 1.54) is 5.69 Å². The first-order chi connectivity index (χ1) is 8.69. The molecule has 1 aliphatic rings. The Bertz CT molecular complexity index is 369. The molecular weight excluding hydrogens is 246 g/mol. The number of likely N-dealkylation sites (N-methyl/N-ethyl adjacent to an activating group) is 1. The van der Waals surface area contributed by atoms with Crippen LogP contribution in [0, 0.1) is 12.8 Å². The highest BCUT2D eigenvalue weighted by atomic mass is 32.1. The van der Waals surface area contributed by atoms with Crippen molar-refractivity contribution < 1.29 is 4.74 Å². The summed E-state index contributed by atoms with van der Waals surface area (Å²) in [5.41, 5.74) is 1.18. The highest BCUT2D eigenvalue weighted by Crippen LogP contribution is 2.16. The molecule has 0 aromatic carbocycles. The third-order valence-corrected chi connectivity index (χ3v) is 4.13. The summed E-state index contributed by atoms with van der Waals surface area (Å²) in [4.78, 5) is 6.86. The monoisotopic (exact) mass is 269 g/mol. The van der Waals surface area contributed by atoms with Crippen LogP contribution in [0.1, 0.15) is 17.6 Å². The molecule has 2 unspecified atom stereocenters. The van der Waals surface area contributed by atoms with Crippen LogP contribution in [-0.4, -0.2) is 49.3 Å². The fourth-order valence-electron chi connectivity index (χ4n) is 2.49. The first-order valence-electron chi connectivity index (χ1n) is 6.59. The van der Waals surface area contributed by atoms with Crippen LogP contribution in [-0.2, 0) is 11.3 Å². The molecule has 0 radical (unpaired) electrons. The molecule has 1 N–H and O–H groups in total. The van der Waals surface area contributed by atoms with Gasteiger partial charge in [-0.1, -0.05) is 6.92 Å². The molecule has 5 heteroatoms. The molecule has 0 spiro atoms. The lowest BCUT2D eigenvalue weighted by molar-refractivity contribution is 0.172. The van der Waals surface area contributed by atoms with Gasteiger partial charge in [0.25, 0.3) is 0 Å². The van der Waals surface area contributed by atoms with Crippen molar-refractivity contribution in [3.63, 3.8) is 0 Å². The van der Waals surface area contributed by atoms with Gasteiger partial charge in [-0.25, -0.2) is 4.98 Å². The van der Waals surface area contributed by atoms with Crippen molar-refractivity contribution in [2.24, 2.45) is 5.92 Å². The van der Waals surface area contributed by atoms with Gasteiger partial charge >= 0.3 is 0 Å². The van der Waals surface area contributed by atoms with Gasteiger partial charge in [-0.05, 0) is 20.5 Å². The van der Waals surface area contributed by atoms with E-state index >= 15 is 0 Å². The topological polar surface area (TPSA) is 37.4 Å². The van der Waals surface area contributed by atoms with E-state index in [0.29, 0.717) is 12.0 Å². The lowest BCUT2D eigenvalue weighted by Gasteiger charge is -2.24. The predicted octanol–water partition coefficient (Wildman–Crippen LogP) is 1.51. The Hall–Kier alpha value is -0.490. The third kappa shape index (κ3) is 3.75. The molecule has 0 saturated carbocycles. The van der Waals surface area contributed by atoms with Crippen LogP contribution in [0.15, 0.2) is 5.38 Å². The zero-order valence-electron chi connectivity index (χ0n) is 11.5. The Balaban J connectivity index is 1.81. The molecule has 0 aliphatic carbocycles. The van der Waals surface area contributed by atoms with Crippen molar-refractivity contribution in [3.05, 3.63) is 16.1 Å². The van der Waals surface area contributed by atoms with Gasteiger partial charge in [0.05, 0.1) is 23.9 Å². The molecule has 0 bridgehead atoms. The number of hydrogen-bond acceptors (Lipinski definition) is 5. The number of ether oxygens (including phenoxy) is 1. The fraction of sp³-hybridized carbons (Fsp3) is 0.769. The summed E-state index contributed by atoms with van der Waals surface area (Å²) in [6.45, 7) is 8.94. The maximum Gasteiger partial charge on any atom is 0.0897 e. The molecule has 1 aliphatic heterocycles. The van der Waals surface area contributed by atoms with Crippen molar-refractivity contribution in [1.82, 2.24) is 15.2 Å². The van der Waals surface area contributed by atoms with Gasteiger partial charge in [0, 0.05) is 30.4 Å². The van der Waals surface area contributed by atoms with E-state index in [0.717, 1.165) is 37.9 Å². The second-order valence-corrected chi connectivity index (χ2v) is 6.08. The van der Waals surface area contributed by atoms with Crippen molar-refractivity contribution >= 4 is 11.3 Å². The molecule has 1 saturated heterocycles. The minimum atomic E-state index is 0.509. The van der Waals surface area contributed by atoms with Gasteiger partial charge in [-0.15, -0.1) is 11.3 Å². The van der Waals surface area contributed by atoms with E-state index in [1.807, 2.05) is 0 Å². The van der Waals surface area contributed by atoms with Crippen LogP contribution in [0.5, 0.6) is 0 Å². The summed E-state index contributed by atoms with van der Waals surface area (Å²) in [5.74, 6) is 0.592. The Morgan fingerprint density at radius 1 is 1.56 bits per heavy atom. The number of aryl methyl sites for hydroxylation is 1. The molecule has 4 nitrogen and oxygen atoms in total. The Morgan fingerprint density at radius 2 is 2.39 bits per heavy atom. The minimum absolute atomic E-state index is 0.509. The quantitative estimate of drug-likeness (QED) is 0.849. The minimum Gasteiger partial charge on any atom is -0.379 e. The van der Waals surface area contributed by atoms with Crippen LogP contribution in [0.25, 0.3) is 0 Å². The van der Waals surface area contributed by atoms with E-state index < -0.39 is 0 Å². The molecule has 2 rings (SSSR count). The molecule has 2 atom stereocenters. The van der Waals surface area contributed by atoms with Gasteiger partial charge in [0.15, 0.2) is 0 Å².